The SMILES string of the molecule is CNCC1CN(c2ccc(Cl)cc2C)CCO1. The monoisotopic (exact) mass is 254 g/mol. The number of benzene rings is 1. The third-order valence-corrected chi connectivity index (χ3v) is 3.31. The first-order chi connectivity index (χ1) is 8.20. The second kappa shape index (κ2) is 5.71. The van der Waals surface area contributed by atoms with Crippen LogP contribution in [0.1, 0.15) is 5.56 Å². The summed E-state index contributed by atoms with van der Waals surface area (Å²) < 4.78 is 5.70. The predicted octanol–water partition coefficient (Wildman–Crippen LogP) is 2.07. The number of rotatable bonds is 3. The average Bonchev–Trinajstić information content (AvgIpc) is 2.29. The predicted molar refractivity (Wildman–Crippen MR) is 72.1 cm³/mol. The first-order valence-electron chi connectivity index (χ1n) is 5.98. The van der Waals surface area contributed by atoms with Crippen molar-refractivity contribution >= 4 is 17.3 Å². The summed E-state index contributed by atoms with van der Waals surface area (Å²) in [6.45, 7) is 5.66. The maximum Gasteiger partial charge on any atom is 0.0874 e. The van der Waals surface area contributed by atoms with E-state index in [0.29, 0.717) is 0 Å². The number of hydrogen-bond acceptors (Lipinski definition) is 3. The summed E-state index contributed by atoms with van der Waals surface area (Å²) in [5, 5.41) is 3.96. The van der Waals surface area contributed by atoms with Crippen molar-refractivity contribution in [3.05, 3.63) is 28.8 Å². The van der Waals surface area contributed by atoms with Crippen molar-refractivity contribution in [3.8, 4) is 0 Å². The van der Waals surface area contributed by atoms with Crippen molar-refractivity contribution in [1.29, 1.82) is 0 Å². The zero-order valence-corrected chi connectivity index (χ0v) is 11.1. The third-order valence-electron chi connectivity index (χ3n) is 3.07. The summed E-state index contributed by atoms with van der Waals surface area (Å²) in [7, 11) is 1.95. The third kappa shape index (κ3) is 3.12. The Morgan fingerprint density at radius 1 is 1.53 bits per heavy atom. The molecular weight excluding hydrogens is 236 g/mol. The van der Waals surface area contributed by atoms with Crippen molar-refractivity contribution in [2.45, 2.75) is 13.0 Å². The van der Waals surface area contributed by atoms with Crippen LogP contribution in [-0.4, -0.2) is 39.4 Å². The summed E-state index contributed by atoms with van der Waals surface area (Å²) in [4.78, 5) is 2.37. The Balaban J connectivity index is 2.10. The van der Waals surface area contributed by atoms with Gasteiger partial charge >= 0.3 is 0 Å². The van der Waals surface area contributed by atoms with E-state index in [1.807, 2.05) is 19.2 Å². The van der Waals surface area contributed by atoms with E-state index in [1.165, 1.54) is 11.3 Å². The molecule has 0 amide bonds. The number of anilines is 1. The molecule has 0 spiro atoms. The van der Waals surface area contributed by atoms with Crippen LogP contribution in [0.15, 0.2) is 18.2 Å². The normalized spacial score (nSPS) is 20.6. The molecule has 2 rings (SSSR count). The van der Waals surface area contributed by atoms with Crippen LogP contribution in [0.5, 0.6) is 0 Å². The van der Waals surface area contributed by atoms with Crippen molar-refractivity contribution in [2.24, 2.45) is 0 Å². The van der Waals surface area contributed by atoms with E-state index in [1.54, 1.807) is 0 Å². The molecule has 0 aliphatic carbocycles. The smallest absolute Gasteiger partial charge is 0.0874 e. The van der Waals surface area contributed by atoms with Gasteiger partial charge in [0, 0.05) is 30.3 Å². The van der Waals surface area contributed by atoms with Crippen LogP contribution in [-0.2, 0) is 4.74 Å². The molecule has 1 aromatic rings. The Hall–Kier alpha value is -0.770. The maximum absolute atomic E-state index is 5.98. The number of morpholine rings is 1. The Kier molecular flexibility index (Phi) is 4.26. The number of hydrogen-bond donors (Lipinski definition) is 1. The van der Waals surface area contributed by atoms with E-state index >= 15 is 0 Å². The van der Waals surface area contributed by atoms with Crippen LogP contribution >= 0.6 is 11.6 Å². The van der Waals surface area contributed by atoms with Crippen molar-refractivity contribution < 1.29 is 4.74 Å². The Morgan fingerprint density at radius 3 is 3.06 bits per heavy atom. The van der Waals surface area contributed by atoms with Crippen molar-refractivity contribution in [3.63, 3.8) is 0 Å². The molecule has 1 aliphatic rings. The summed E-state index contributed by atoms with van der Waals surface area (Å²) in [5.74, 6) is 0. The topological polar surface area (TPSA) is 24.5 Å². The molecule has 1 saturated heterocycles. The molecule has 3 nitrogen and oxygen atoms in total. The highest BCUT2D eigenvalue weighted by atomic mass is 35.5. The molecule has 4 heteroatoms. The average molecular weight is 255 g/mol. The number of halogens is 1. The van der Waals surface area contributed by atoms with Gasteiger partial charge in [-0.1, -0.05) is 11.6 Å². The highest BCUT2D eigenvalue weighted by Crippen LogP contribution is 2.25. The summed E-state index contributed by atoms with van der Waals surface area (Å²) in [5.41, 5.74) is 2.49. The van der Waals surface area contributed by atoms with Crippen LogP contribution in [0, 0.1) is 6.92 Å². The lowest BCUT2D eigenvalue weighted by Gasteiger charge is -2.35. The minimum atomic E-state index is 0.267. The molecule has 0 radical (unpaired) electrons. The van der Waals surface area contributed by atoms with Gasteiger partial charge in [0.1, 0.15) is 0 Å². The Morgan fingerprint density at radius 2 is 2.35 bits per heavy atom. The Labute approximate surface area is 108 Å². The van der Waals surface area contributed by atoms with E-state index in [-0.39, 0.29) is 6.10 Å². The molecule has 1 fully saturated rings. The number of nitrogens with zero attached hydrogens (tertiary/aromatic N) is 1. The van der Waals surface area contributed by atoms with Gasteiger partial charge in [0.2, 0.25) is 0 Å². The van der Waals surface area contributed by atoms with Gasteiger partial charge in [-0.05, 0) is 37.7 Å². The molecule has 0 saturated carbocycles. The van der Waals surface area contributed by atoms with Crippen LogP contribution in [0.4, 0.5) is 5.69 Å². The van der Waals surface area contributed by atoms with Crippen LogP contribution in [0.2, 0.25) is 5.02 Å². The summed E-state index contributed by atoms with van der Waals surface area (Å²) in [6.07, 6.45) is 0.267. The standard InChI is InChI=1S/C13H19ClN2O/c1-10-7-11(14)3-4-13(10)16-5-6-17-12(9-16)8-15-2/h3-4,7,12,15H,5-6,8-9H2,1-2H3. The molecule has 1 heterocycles. The molecule has 1 unspecified atom stereocenters. The molecule has 1 aliphatic heterocycles. The number of nitrogens with one attached hydrogen (secondary N) is 1. The Bertz CT molecular complexity index is 382. The fraction of sp³-hybridized carbons (Fsp3) is 0.538. The molecule has 1 aromatic carbocycles. The lowest BCUT2D eigenvalue weighted by Crippen LogP contribution is -2.46. The number of likely N-dealkylation sites (N-methyl/N-ethyl adjacent to an activating group) is 1. The molecule has 1 N–H and O–H groups in total. The molecule has 0 aromatic heterocycles. The fourth-order valence-electron chi connectivity index (χ4n) is 2.26. The van der Waals surface area contributed by atoms with E-state index < -0.39 is 0 Å². The molecular formula is C13H19ClN2O. The molecule has 17 heavy (non-hydrogen) atoms. The summed E-state index contributed by atoms with van der Waals surface area (Å²) >= 11 is 5.98. The van der Waals surface area contributed by atoms with Gasteiger partial charge in [0.05, 0.1) is 12.7 Å². The second-order valence-electron chi connectivity index (χ2n) is 4.43. The first kappa shape index (κ1) is 12.7. The zero-order valence-electron chi connectivity index (χ0n) is 10.4. The van der Waals surface area contributed by atoms with Crippen LogP contribution in [0.3, 0.4) is 0 Å². The minimum Gasteiger partial charge on any atom is -0.373 e. The van der Waals surface area contributed by atoms with Crippen LogP contribution in [0.25, 0.3) is 0 Å². The quantitative estimate of drug-likeness (QED) is 0.894. The lowest BCUT2D eigenvalue weighted by atomic mass is 10.1. The fourth-order valence-corrected chi connectivity index (χ4v) is 2.49. The van der Waals surface area contributed by atoms with Crippen molar-refractivity contribution in [2.75, 3.05) is 38.2 Å². The summed E-state index contributed by atoms with van der Waals surface area (Å²) in [6, 6.07) is 6.06. The van der Waals surface area contributed by atoms with E-state index in [2.05, 4.69) is 23.2 Å². The first-order valence-corrected chi connectivity index (χ1v) is 6.36. The lowest BCUT2D eigenvalue weighted by molar-refractivity contribution is 0.0421. The van der Waals surface area contributed by atoms with Crippen LogP contribution < -0.4 is 10.2 Å². The second-order valence-corrected chi connectivity index (χ2v) is 4.86. The van der Waals surface area contributed by atoms with Gasteiger partial charge in [-0.3, -0.25) is 0 Å². The molecule has 0 bridgehead atoms. The van der Waals surface area contributed by atoms with Gasteiger partial charge in [0.15, 0.2) is 0 Å². The van der Waals surface area contributed by atoms with Gasteiger partial charge in [-0.25, -0.2) is 0 Å². The van der Waals surface area contributed by atoms with Gasteiger partial charge in [-0.2, -0.15) is 0 Å². The number of ether oxygens (including phenoxy) is 1. The highest BCUT2D eigenvalue weighted by molar-refractivity contribution is 6.30. The van der Waals surface area contributed by atoms with E-state index in [9.17, 15) is 0 Å². The van der Waals surface area contributed by atoms with E-state index in [0.717, 1.165) is 31.3 Å². The molecule has 1 atom stereocenters. The number of aryl methyl sites for hydroxylation is 1. The highest BCUT2D eigenvalue weighted by Gasteiger charge is 2.20. The minimum absolute atomic E-state index is 0.267. The zero-order chi connectivity index (χ0) is 12.3. The van der Waals surface area contributed by atoms with Gasteiger partial charge < -0.3 is 15.0 Å². The van der Waals surface area contributed by atoms with E-state index in [4.69, 9.17) is 16.3 Å². The van der Waals surface area contributed by atoms with Gasteiger partial charge in [-0.15, -0.1) is 0 Å². The maximum atomic E-state index is 5.98. The van der Waals surface area contributed by atoms with Gasteiger partial charge in [0.25, 0.3) is 0 Å². The van der Waals surface area contributed by atoms with Crippen molar-refractivity contribution in [1.82, 2.24) is 5.32 Å². The molecule has 94 valence electrons. The largest absolute Gasteiger partial charge is 0.373 e.